The molecule has 1 aromatic heterocycles. The fraction of sp³-hybridized carbons (Fsp3) is 0.524. The molecule has 1 aromatic carbocycles. The summed E-state index contributed by atoms with van der Waals surface area (Å²) >= 11 is 0. The Kier molecular flexibility index (Phi) is 8.61. The third-order valence-electron chi connectivity index (χ3n) is 5.93. The van der Waals surface area contributed by atoms with Crippen LogP contribution in [0, 0.1) is 11.7 Å². The molecule has 1 saturated heterocycles. The number of alkyl halides is 2. The molecule has 4 rings (SSSR count). The molecule has 0 amide bonds. The van der Waals surface area contributed by atoms with E-state index in [1.54, 1.807) is 0 Å². The molecule has 2 fully saturated rings. The molecule has 2 aliphatic rings. The van der Waals surface area contributed by atoms with E-state index in [1.807, 2.05) is 0 Å². The number of carboxylic acids is 1. The number of hydrogen-bond donors (Lipinski definition) is 2. The molecule has 1 saturated carbocycles. The average molecular weight is 494 g/mol. The molecule has 1 aliphatic heterocycles. The van der Waals surface area contributed by atoms with Crippen LogP contribution in [0.3, 0.4) is 0 Å². The topological polar surface area (TPSA) is 115 Å². The number of aromatic carboxylic acids is 1. The number of nitrogens with one attached hydrogen (secondary N) is 1. The Bertz CT molecular complexity index is 1080. The predicted molar refractivity (Wildman–Crippen MR) is 120 cm³/mol. The van der Waals surface area contributed by atoms with Crippen LogP contribution in [-0.2, 0) is 6.54 Å². The molecular formula is C21H27ClF3N3O5. The van der Waals surface area contributed by atoms with Gasteiger partial charge in [0.2, 0.25) is 5.43 Å². The summed E-state index contributed by atoms with van der Waals surface area (Å²) in [5.74, 6) is -2.68. The Balaban J connectivity index is 0.00000193. The van der Waals surface area contributed by atoms with Crippen LogP contribution in [-0.4, -0.2) is 66.8 Å². The van der Waals surface area contributed by atoms with Gasteiger partial charge in [0.1, 0.15) is 24.1 Å². The monoisotopic (exact) mass is 493 g/mol. The molecule has 0 radical (unpaired) electrons. The summed E-state index contributed by atoms with van der Waals surface area (Å²) in [6, 6.07) is 1.35. The number of ether oxygens (including phenoxy) is 1. The van der Waals surface area contributed by atoms with Crippen LogP contribution in [0.5, 0.6) is 5.75 Å². The van der Waals surface area contributed by atoms with Crippen LogP contribution in [0.25, 0.3) is 10.9 Å². The van der Waals surface area contributed by atoms with E-state index < -0.39 is 35.6 Å². The first-order valence-electron chi connectivity index (χ1n) is 10.2. The minimum atomic E-state index is -1.49. The summed E-state index contributed by atoms with van der Waals surface area (Å²) in [6.45, 7) is -0.402. The molecular weight excluding hydrogens is 467 g/mol. The fourth-order valence-corrected chi connectivity index (χ4v) is 4.21. The minimum absolute atomic E-state index is 0. The Morgan fingerprint density at radius 1 is 1.33 bits per heavy atom. The number of rotatable bonds is 8. The molecule has 8 nitrogen and oxygen atoms in total. The van der Waals surface area contributed by atoms with Crippen molar-refractivity contribution < 1.29 is 33.3 Å². The Morgan fingerprint density at radius 3 is 2.61 bits per heavy atom. The summed E-state index contributed by atoms with van der Waals surface area (Å²) in [5.41, 5.74) is -1.41. The van der Waals surface area contributed by atoms with Crippen molar-refractivity contribution in [1.29, 1.82) is 0 Å². The highest BCUT2D eigenvalue weighted by Gasteiger charge is 2.37. The zero-order valence-electron chi connectivity index (χ0n) is 17.9. The second-order valence-corrected chi connectivity index (χ2v) is 8.06. The van der Waals surface area contributed by atoms with Gasteiger partial charge in [0.25, 0.3) is 0 Å². The van der Waals surface area contributed by atoms with E-state index in [0.29, 0.717) is 12.6 Å². The lowest BCUT2D eigenvalue weighted by Gasteiger charge is -2.24. The number of carbonyl (C=O) groups is 1. The van der Waals surface area contributed by atoms with Crippen molar-refractivity contribution in [2.24, 2.45) is 5.92 Å². The molecule has 2 heterocycles. The number of pyridine rings is 1. The van der Waals surface area contributed by atoms with Crippen molar-refractivity contribution in [1.82, 2.24) is 9.88 Å². The lowest BCUT2D eigenvalue weighted by atomic mass is 10.1. The fourth-order valence-electron chi connectivity index (χ4n) is 4.21. The standard InChI is InChI=1S/C21H24F3N3O4.ClH.H2O/c1-31-20-17-13(19(28)14(21(29)30)9-26(17)5-4-22)6-15(23)18(20)27-8-11(16(24)10-27)7-25-12-2-3-12;;/h6,9,11-12,16,25H,2-5,7-8,10H2,1H3,(H,29,30);1H;1H2/t11-,16+;;/m0../s1. The van der Waals surface area contributed by atoms with Crippen molar-refractivity contribution >= 4 is 35.0 Å². The number of benzene rings is 1. The van der Waals surface area contributed by atoms with Gasteiger partial charge in [-0.2, -0.15) is 0 Å². The molecule has 2 atom stereocenters. The highest BCUT2D eigenvalue weighted by Crippen LogP contribution is 2.40. The van der Waals surface area contributed by atoms with Gasteiger partial charge in [0.15, 0.2) is 11.6 Å². The van der Waals surface area contributed by atoms with Gasteiger partial charge >= 0.3 is 5.97 Å². The Labute approximate surface area is 194 Å². The number of nitrogens with zero attached hydrogens (tertiary/aromatic N) is 2. The van der Waals surface area contributed by atoms with Gasteiger partial charge in [-0.1, -0.05) is 0 Å². The first-order chi connectivity index (χ1) is 14.8. The maximum atomic E-state index is 15.2. The van der Waals surface area contributed by atoms with Crippen LogP contribution < -0.4 is 20.4 Å². The highest BCUT2D eigenvalue weighted by atomic mass is 35.5. The largest absolute Gasteiger partial charge is 0.492 e. The highest BCUT2D eigenvalue weighted by molar-refractivity contribution is 5.97. The van der Waals surface area contributed by atoms with Gasteiger partial charge < -0.3 is 30.1 Å². The lowest BCUT2D eigenvalue weighted by molar-refractivity contribution is 0.0694. The SMILES string of the molecule is COc1c(N2C[C@H](CNC3CC3)[C@H](F)C2)c(F)cc2c(=O)c(C(=O)O)cn(CCF)c12.Cl.O. The molecule has 33 heavy (non-hydrogen) atoms. The molecule has 0 bridgehead atoms. The normalized spacial score (nSPS) is 19.8. The van der Waals surface area contributed by atoms with E-state index in [-0.39, 0.29) is 65.8 Å². The number of aromatic nitrogens is 1. The molecule has 0 unspecified atom stereocenters. The van der Waals surface area contributed by atoms with Crippen molar-refractivity contribution in [3.8, 4) is 5.75 Å². The molecule has 184 valence electrons. The van der Waals surface area contributed by atoms with Gasteiger partial charge in [-0.15, -0.1) is 12.4 Å². The second-order valence-electron chi connectivity index (χ2n) is 8.06. The van der Waals surface area contributed by atoms with Crippen LogP contribution in [0.1, 0.15) is 23.2 Å². The number of hydrogen-bond acceptors (Lipinski definition) is 5. The zero-order chi connectivity index (χ0) is 22.3. The summed E-state index contributed by atoms with van der Waals surface area (Å²) in [7, 11) is 1.28. The smallest absolute Gasteiger partial charge is 0.341 e. The van der Waals surface area contributed by atoms with E-state index in [0.717, 1.165) is 25.1 Å². The van der Waals surface area contributed by atoms with E-state index in [9.17, 15) is 23.5 Å². The van der Waals surface area contributed by atoms with E-state index >= 15 is 4.39 Å². The number of carboxylic acid groups (broad SMARTS) is 1. The number of halogens is 4. The van der Waals surface area contributed by atoms with E-state index in [4.69, 9.17) is 4.74 Å². The van der Waals surface area contributed by atoms with Gasteiger partial charge in [-0.25, -0.2) is 18.0 Å². The maximum Gasteiger partial charge on any atom is 0.341 e. The van der Waals surface area contributed by atoms with Gasteiger partial charge in [-0.05, 0) is 18.9 Å². The predicted octanol–water partition coefficient (Wildman–Crippen LogP) is 1.94. The van der Waals surface area contributed by atoms with E-state index in [1.165, 1.54) is 16.6 Å². The van der Waals surface area contributed by atoms with Crippen LogP contribution in [0.2, 0.25) is 0 Å². The lowest BCUT2D eigenvalue weighted by Crippen LogP contribution is -2.30. The summed E-state index contributed by atoms with van der Waals surface area (Å²) in [5, 5.41) is 12.4. The van der Waals surface area contributed by atoms with Crippen molar-refractivity contribution in [2.75, 3.05) is 38.3 Å². The molecule has 0 spiro atoms. The summed E-state index contributed by atoms with van der Waals surface area (Å²) < 4.78 is 49.7. The van der Waals surface area contributed by atoms with Crippen molar-refractivity contribution in [3.05, 3.63) is 33.9 Å². The van der Waals surface area contributed by atoms with Crippen LogP contribution >= 0.6 is 12.4 Å². The zero-order valence-corrected chi connectivity index (χ0v) is 18.8. The van der Waals surface area contributed by atoms with Gasteiger partial charge in [0, 0.05) is 37.8 Å². The third kappa shape index (κ3) is 5.04. The minimum Gasteiger partial charge on any atom is -0.492 e. The number of methoxy groups -OCH3 is 1. The Hall–Kier alpha value is -2.50. The van der Waals surface area contributed by atoms with Crippen LogP contribution in [0.15, 0.2) is 17.1 Å². The molecule has 2 aromatic rings. The summed E-state index contributed by atoms with van der Waals surface area (Å²) in [6.07, 6.45) is 2.00. The van der Waals surface area contributed by atoms with Gasteiger partial charge in [-0.3, -0.25) is 4.79 Å². The van der Waals surface area contributed by atoms with Gasteiger partial charge in [0.05, 0.1) is 24.6 Å². The maximum absolute atomic E-state index is 15.2. The average Bonchev–Trinajstić information content (AvgIpc) is 3.49. The molecule has 4 N–H and O–H groups in total. The molecule has 12 heteroatoms. The third-order valence-corrected chi connectivity index (χ3v) is 5.93. The first-order valence-corrected chi connectivity index (χ1v) is 10.2. The Morgan fingerprint density at radius 2 is 2.03 bits per heavy atom. The summed E-state index contributed by atoms with van der Waals surface area (Å²) in [4.78, 5) is 25.6. The molecule has 1 aliphatic carbocycles. The second kappa shape index (κ2) is 10.6. The number of anilines is 1. The van der Waals surface area contributed by atoms with Crippen molar-refractivity contribution in [2.45, 2.75) is 31.6 Å². The quantitative estimate of drug-likeness (QED) is 0.580. The first kappa shape index (κ1) is 26.7. The number of aryl methyl sites for hydroxylation is 1. The van der Waals surface area contributed by atoms with Crippen molar-refractivity contribution in [3.63, 3.8) is 0 Å². The van der Waals surface area contributed by atoms with E-state index in [2.05, 4.69) is 5.32 Å². The number of fused-ring (bicyclic) bond motifs is 1. The van der Waals surface area contributed by atoms with Crippen LogP contribution in [0.4, 0.5) is 18.9 Å².